The van der Waals surface area contributed by atoms with Crippen LogP contribution in [0.3, 0.4) is 0 Å². The zero-order valence-corrected chi connectivity index (χ0v) is 19.5. The summed E-state index contributed by atoms with van der Waals surface area (Å²) in [7, 11) is 4.81. The van der Waals surface area contributed by atoms with Gasteiger partial charge in [0.25, 0.3) is 0 Å². The molecule has 32 heavy (non-hydrogen) atoms. The third-order valence-corrected chi connectivity index (χ3v) is 6.85. The molecule has 1 aliphatic carbocycles. The second-order valence-electron chi connectivity index (χ2n) is 9.09. The highest BCUT2D eigenvalue weighted by Crippen LogP contribution is 2.49. The van der Waals surface area contributed by atoms with Crippen LogP contribution in [-0.4, -0.2) is 41.6 Å². The Kier molecular flexibility index (Phi) is 5.91. The van der Waals surface area contributed by atoms with Gasteiger partial charge in [-0.05, 0) is 60.1 Å². The first-order chi connectivity index (χ1) is 15.3. The first kappa shape index (κ1) is 22.2. The molecule has 0 spiro atoms. The second-order valence-corrected chi connectivity index (χ2v) is 9.09. The van der Waals surface area contributed by atoms with E-state index in [4.69, 9.17) is 14.2 Å². The average molecular weight is 437 g/mol. The maximum Gasteiger partial charge on any atom is 0.203 e. The van der Waals surface area contributed by atoms with Crippen LogP contribution in [0.25, 0.3) is 17.1 Å². The maximum absolute atomic E-state index is 12.2. The molecule has 1 aliphatic rings. The summed E-state index contributed by atoms with van der Waals surface area (Å²) in [5.41, 5.74) is 2.52. The highest BCUT2D eigenvalue weighted by molar-refractivity contribution is 5.75. The van der Waals surface area contributed by atoms with Gasteiger partial charge in [0.2, 0.25) is 5.75 Å². The van der Waals surface area contributed by atoms with Crippen molar-refractivity contribution in [3.05, 3.63) is 53.9 Å². The molecule has 1 heterocycles. The van der Waals surface area contributed by atoms with E-state index in [1.165, 1.54) is 0 Å². The van der Waals surface area contributed by atoms with Gasteiger partial charge in [-0.25, -0.2) is 4.98 Å². The monoisotopic (exact) mass is 436 g/mol. The molecular weight excluding hydrogens is 404 g/mol. The van der Waals surface area contributed by atoms with Crippen molar-refractivity contribution in [1.29, 1.82) is 0 Å². The Morgan fingerprint density at radius 3 is 2.41 bits per heavy atom. The number of rotatable bonds is 6. The van der Waals surface area contributed by atoms with Gasteiger partial charge >= 0.3 is 0 Å². The van der Waals surface area contributed by atoms with E-state index in [-0.39, 0.29) is 5.41 Å². The van der Waals surface area contributed by atoms with E-state index in [1.54, 1.807) is 21.3 Å². The highest BCUT2D eigenvalue weighted by atomic mass is 16.5. The van der Waals surface area contributed by atoms with Gasteiger partial charge in [0, 0.05) is 0 Å². The van der Waals surface area contributed by atoms with Gasteiger partial charge in [0.1, 0.15) is 5.60 Å². The Balaban J connectivity index is 1.80. The van der Waals surface area contributed by atoms with Crippen LogP contribution in [0.2, 0.25) is 0 Å². The lowest BCUT2D eigenvalue weighted by molar-refractivity contribution is -0.0663. The third-order valence-electron chi connectivity index (χ3n) is 6.85. The van der Waals surface area contributed by atoms with Gasteiger partial charge < -0.3 is 23.9 Å². The lowest BCUT2D eigenvalue weighted by Crippen LogP contribution is -2.51. The fourth-order valence-corrected chi connectivity index (χ4v) is 4.84. The highest BCUT2D eigenvalue weighted by Gasteiger charge is 2.48. The van der Waals surface area contributed by atoms with E-state index in [0.717, 1.165) is 41.4 Å². The average Bonchev–Trinajstić information content (AvgIpc) is 3.19. The Bertz CT molecular complexity index is 1120. The van der Waals surface area contributed by atoms with Gasteiger partial charge in [0.15, 0.2) is 11.5 Å². The molecule has 6 heteroatoms. The predicted octanol–water partition coefficient (Wildman–Crippen LogP) is 5.09. The van der Waals surface area contributed by atoms with E-state index in [2.05, 4.69) is 29.5 Å². The van der Waals surface area contributed by atoms with Crippen molar-refractivity contribution < 1.29 is 19.3 Å². The van der Waals surface area contributed by atoms with Crippen LogP contribution in [0, 0.1) is 5.41 Å². The topological polar surface area (TPSA) is 65.7 Å². The molecule has 0 bridgehead atoms. The summed E-state index contributed by atoms with van der Waals surface area (Å²) >= 11 is 0. The van der Waals surface area contributed by atoms with Crippen LogP contribution in [0.1, 0.15) is 38.7 Å². The minimum Gasteiger partial charge on any atom is -0.493 e. The quantitative estimate of drug-likeness (QED) is 0.583. The Labute approximate surface area is 189 Å². The minimum absolute atomic E-state index is 0.302. The molecule has 6 nitrogen and oxygen atoms in total. The fourth-order valence-electron chi connectivity index (χ4n) is 4.84. The molecule has 0 saturated heterocycles. The predicted molar refractivity (Wildman–Crippen MR) is 126 cm³/mol. The summed E-state index contributed by atoms with van der Waals surface area (Å²) in [4.78, 5) is 4.52. The summed E-state index contributed by atoms with van der Waals surface area (Å²) in [6.45, 7) is 4.74. The maximum atomic E-state index is 12.2. The zero-order chi connectivity index (χ0) is 22.9. The van der Waals surface area contributed by atoms with Gasteiger partial charge in [-0.15, -0.1) is 0 Å². The molecule has 1 saturated carbocycles. The van der Waals surface area contributed by atoms with Crippen molar-refractivity contribution in [2.24, 2.45) is 5.41 Å². The number of hydrogen-bond acceptors (Lipinski definition) is 5. The number of aliphatic hydroxyl groups is 1. The number of benzene rings is 2. The van der Waals surface area contributed by atoms with Gasteiger partial charge in [-0.2, -0.15) is 0 Å². The van der Waals surface area contributed by atoms with E-state index in [1.807, 2.05) is 42.7 Å². The molecule has 4 rings (SSSR count). The van der Waals surface area contributed by atoms with Crippen LogP contribution in [0.5, 0.6) is 17.2 Å². The van der Waals surface area contributed by atoms with Crippen molar-refractivity contribution in [2.45, 2.75) is 45.3 Å². The van der Waals surface area contributed by atoms with Gasteiger partial charge in [-0.1, -0.05) is 32.1 Å². The van der Waals surface area contributed by atoms with Gasteiger partial charge in [0.05, 0.1) is 45.2 Å². The minimum atomic E-state index is -1.03. The van der Waals surface area contributed by atoms with Crippen LogP contribution in [0.15, 0.2) is 48.3 Å². The number of aromatic nitrogens is 2. The lowest BCUT2D eigenvalue weighted by Gasteiger charge is -2.48. The number of fused-ring (bicyclic) bond motifs is 1. The van der Waals surface area contributed by atoms with Crippen molar-refractivity contribution in [3.8, 4) is 17.2 Å². The summed E-state index contributed by atoms with van der Waals surface area (Å²) in [5.74, 6) is 1.75. The molecule has 1 N–H and O–H groups in total. The first-order valence-corrected chi connectivity index (χ1v) is 11.0. The standard InChI is InChI=1S/C26H32N2O4/c1-25(2)12-8-9-19(13-18-14-22(30-3)24(32-5)23(15-18)31-4)26(25,29)16-28-17-27-20-10-6-7-11-21(20)28/h6-7,10-11,13-15,17,29H,8-9,12,16H2,1-5H3/b19-13+/t26-/m0/s1. The molecule has 1 aromatic heterocycles. The van der Waals surface area contributed by atoms with Crippen LogP contribution < -0.4 is 14.2 Å². The number of nitrogens with zero attached hydrogens (tertiary/aromatic N) is 2. The molecule has 0 aliphatic heterocycles. The first-order valence-electron chi connectivity index (χ1n) is 11.0. The molecule has 0 unspecified atom stereocenters. The summed E-state index contributed by atoms with van der Waals surface area (Å²) in [6, 6.07) is 11.9. The van der Waals surface area contributed by atoms with Crippen molar-refractivity contribution in [2.75, 3.05) is 21.3 Å². The Hall–Kier alpha value is -2.99. The number of para-hydroxylation sites is 2. The molecule has 3 aromatic rings. The smallest absolute Gasteiger partial charge is 0.203 e. The van der Waals surface area contributed by atoms with Crippen LogP contribution >= 0.6 is 0 Å². The third kappa shape index (κ3) is 3.73. The molecule has 0 amide bonds. The zero-order valence-electron chi connectivity index (χ0n) is 19.5. The molecule has 2 aromatic carbocycles. The molecule has 1 atom stereocenters. The van der Waals surface area contributed by atoms with Crippen LogP contribution in [0.4, 0.5) is 0 Å². The van der Waals surface area contributed by atoms with Crippen LogP contribution in [-0.2, 0) is 6.54 Å². The van der Waals surface area contributed by atoms with Crippen molar-refractivity contribution in [3.63, 3.8) is 0 Å². The molecule has 0 radical (unpaired) electrons. The van der Waals surface area contributed by atoms with Crippen molar-refractivity contribution >= 4 is 17.1 Å². The molecule has 1 fully saturated rings. The van der Waals surface area contributed by atoms with Gasteiger partial charge in [-0.3, -0.25) is 0 Å². The Morgan fingerprint density at radius 1 is 1.06 bits per heavy atom. The largest absolute Gasteiger partial charge is 0.493 e. The number of imidazole rings is 1. The SMILES string of the molecule is COc1cc(/C=C2\CCCC(C)(C)[C@]2(O)Cn2cnc3ccccc32)cc(OC)c1OC. The van der Waals surface area contributed by atoms with E-state index in [9.17, 15) is 5.11 Å². The van der Waals surface area contributed by atoms with E-state index in [0.29, 0.717) is 23.8 Å². The van der Waals surface area contributed by atoms with Crippen molar-refractivity contribution in [1.82, 2.24) is 9.55 Å². The molecular formula is C26H32N2O4. The number of hydrogen-bond donors (Lipinski definition) is 1. The lowest BCUT2D eigenvalue weighted by atomic mass is 9.62. The summed E-state index contributed by atoms with van der Waals surface area (Å²) in [5, 5.41) is 12.2. The second kappa shape index (κ2) is 8.51. The Morgan fingerprint density at radius 2 is 1.75 bits per heavy atom. The fraction of sp³-hybridized carbons (Fsp3) is 0.423. The number of methoxy groups -OCH3 is 3. The van der Waals surface area contributed by atoms with E-state index < -0.39 is 5.60 Å². The summed E-state index contributed by atoms with van der Waals surface area (Å²) < 4.78 is 18.6. The number of ether oxygens (including phenoxy) is 3. The van der Waals surface area contributed by atoms with E-state index >= 15 is 0 Å². The summed E-state index contributed by atoms with van der Waals surface area (Å²) in [6.07, 6.45) is 6.69. The normalized spacial score (nSPS) is 21.6. The molecule has 170 valence electrons.